The third kappa shape index (κ3) is 6.22. The molecular formula is C22H34O2. The standard InChI is InChI=1S/C22H34O2/c1-17(23)21(3,4)15-9-13-19-11-7-8-12-20(19)14-10-16-22(5,6)18(2)24/h7-8,11-12H,9-10,13-16H2,1-6H3. The van der Waals surface area contributed by atoms with Crippen LogP contribution in [-0.4, -0.2) is 11.6 Å². The molecule has 0 amide bonds. The molecule has 0 spiro atoms. The summed E-state index contributed by atoms with van der Waals surface area (Å²) in [6.07, 6.45) is 5.94. The maximum absolute atomic E-state index is 11.6. The smallest absolute Gasteiger partial charge is 0.135 e. The van der Waals surface area contributed by atoms with E-state index in [-0.39, 0.29) is 22.4 Å². The molecule has 0 aliphatic carbocycles. The second-order valence-corrected chi connectivity index (χ2v) is 8.36. The number of hydrogen-bond acceptors (Lipinski definition) is 2. The van der Waals surface area contributed by atoms with Gasteiger partial charge in [0.1, 0.15) is 11.6 Å². The molecule has 134 valence electrons. The summed E-state index contributed by atoms with van der Waals surface area (Å²) >= 11 is 0. The molecule has 0 atom stereocenters. The predicted molar refractivity (Wildman–Crippen MR) is 101 cm³/mol. The molecule has 0 bridgehead atoms. The SMILES string of the molecule is CC(=O)C(C)(C)CCCc1ccccc1CCCC(C)(C)C(C)=O. The van der Waals surface area contributed by atoms with Crippen LogP contribution in [0.3, 0.4) is 0 Å². The summed E-state index contributed by atoms with van der Waals surface area (Å²) in [5.41, 5.74) is 2.33. The first-order chi connectivity index (χ1) is 11.1. The first-order valence-corrected chi connectivity index (χ1v) is 9.15. The number of hydrogen-bond donors (Lipinski definition) is 0. The average Bonchev–Trinajstić information content (AvgIpc) is 2.48. The van der Waals surface area contributed by atoms with Gasteiger partial charge in [-0.15, -0.1) is 0 Å². The minimum atomic E-state index is -0.222. The molecule has 0 aliphatic heterocycles. The number of Topliss-reactive ketones (excluding diaryl/α,β-unsaturated/α-hetero) is 2. The van der Waals surface area contributed by atoms with Gasteiger partial charge in [0.25, 0.3) is 0 Å². The molecule has 0 unspecified atom stereocenters. The highest BCUT2D eigenvalue weighted by Gasteiger charge is 2.24. The lowest BCUT2D eigenvalue weighted by atomic mass is 9.82. The van der Waals surface area contributed by atoms with Gasteiger partial charge in [0.2, 0.25) is 0 Å². The van der Waals surface area contributed by atoms with Gasteiger partial charge < -0.3 is 0 Å². The fourth-order valence-electron chi connectivity index (χ4n) is 2.84. The van der Waals surface area contributed by atoms with E-state index in [1.165, 1.54) is 11.1 Å². The Bertz CT molecular complexity index is 516. The zero-order chi connectivity index (χ0) is 18.4. The summed E-state index contributed by atoms with van der Waals surface area (Å²) in [6.45, 7) is 11.5. The summed E-state index contributed by atoms with van der Waals surface area (Å²) in [5, 5.41) is 0. The normalized spacial score (nSPS) is 12.2. The highest BCUT2D eigenvalue weighted by molar-refractivity contribution is 5.81. The average molecular weight is 331 g/mol. The number of carbonyl (C=O) groups excluding carboxylic acids is 2. The van der Waals surface area contributed by atoms with Crippen molar-refractivity contribution in [2.24, 2.45) is 10.8 Å². The van der Waals surface area contributed by atoms with Crippen LogP contribution in [0, 0.1) is 10.8 Å². The monoisotopic (exact) mass is 330 g/mol. The van der Waals surface area contributed by atoms with Gasteiger partial charge in [-0.2, -0.15) is 0 Å². The molecule has 0 radical (unpaired) electrons. The van der Waals surface area contributed by atoms with Crippen LogP contribution in [0.1, 0.15) is 78.4 Å². The quantitative estimate of drug-likeness (QED) is 0.562. The van der Waals surface area contributed by atoms with Crippen LogP contribution in [0.2, 0.25) is 0 Å². The number of aryl methyl sites for hydroxylation is 2. The second-order valence-electron chi connectivity index (χ2n) is 8.36. The van der Waals surface area contributed by atoms with Crippen LogP contribution < -0.4 is 0 Å². The Morgan fingerprint density at radius 3 is 1.38 bits per heavy atom. The molecule has 2 nitrogen and oxygen atoms in total. The van der Waals surface area contributed by atoms with Crippen molar-refractivity contribution >= 4 is 11.6 Å². The van der Waals surface area contributed by atoms with E-state index in [1.54, 1.807) is 13.8 Å². The molecule has 1 aromatic rings. The van der Waals surface area contributed by atoms with Crippen LogP contribution in [-0.2, 0) is 22.4 Å². The number of carbonyl (C=O) groups is 2. The van der Waals surface area contributed by atoms with E-state index < -0.39 is 0 Å². The molecule has 0 saturated heterocycles. The molecule has 2 heteroatoms. The van der Waals surface area contributed by atoms with Crippen molar-refractivity contribution in [1.29, 1.82) is 0 Å². The Hall–Kier alpha value is -1.44. The van der Waals surface area contributed by atoms with Crippen molar-refractivity contribution in [1.82, 2.24) is 0 Å². The summed E-state index contributed by atoms with van der Waals surface area (Å²) in [5.74, 6) is 0.532. The molecule has 0 saturated carbocycles. The van der Waals surface area contributed by atoms with Gasteiger partial charge in [-0.25, -0.2) is 0 Å². The van der Waals surface area contributed by atoms with Crippen LogP contribution in [0.5, 0.6) is 0 Å². The molecule has 0 N–H and O–H groups in total. The summed E-state index contributed by atoms with van der Waals surface area (Å²) in [7, 11) is 0. The summed E-state index contributed by atoms with van der Waals surface area (Å²) in [6, 6.07) is 8.58. The predicted octanol–water partition coefficient (Wildman–Crippen LogP) is 5.56. The van der Waals surface area contributed by atoms with E-state index in [4.69, 9.17) is 0 Å². The summed E-state index contributed by atoms with van der Waals surface area (Å²) in [4.78, 5) is 23.3. The van der Waals surface area contributed by atoms with Gasteiger partial charge in [-0.05, 0) is 63.5 Å². The van der Waals surface area contributed by atoms with Crippen molar-refractivity contribution < 1.29 is 9.59 Å². The van der Waals surface area contributed by atoms with E-state index in [1.807, 2.05) is 27.7 Å². The Morgan fingerprint density at radius 2 is 1.08 bits per heavy atom. The third-order valence-corrected chi connectivity index (χ3v) is 5.52. The summed E-state index contributed by atoms with van der Waals surface area (Å²) < 4.78 is 0. The van der Waals surface area contributed by atoms with Gasteiger partial charge in [0.05, 0.1) is 0 Å². The molecule has 0 fully saturated rings. The van der Waals surface area contributed by atoms with Crippen molar-refractivity contribution in [2.75, 3.05) is 0 Å². The van der Waals surface area contributed by atoms with Crippen LogP contribution in [0.15, 0.2) is 24.3 Å². The van der Waals surface area contributed by atoms with E-state index in [0.29, 0.717) is 0 Å². The first kappa shape index (κ1) is 20.6. The second kappa shape index (κ2) is 8.60. The Labute approximate surface area is 148 Å². The van der Waals surface area contributed by atoms with Crippen LogP contribution in [0.25, 0.3) is 0 Å². The highest BCUT2D eigenvalue weighted by Crippen LogP contribution is 2.27. The van der Waals surface area contributed by atoms with Gasteiger partial charge in [-0.3, -0.25) is 9.59 Å². The molecule has 0 aliphatic rings. The first-order valence-electron chi connectivity index (χ1n) is 9.15. The molecule has 24 heavy (non-hydrogen) atoms. The lowest BCUT2D eigenvalue weighted by Gasteiger charge is -2.22. The maximum Gasteiger partial charge on any atom is 0.135 e. The van der Waals surface area contributed by atoms with Gasteiger partial charge in [0, 0.05) is 10.8 Å². The van der Waals surface area contributed by atoms with Gasteiger partial charge >= 0.3 is 0 Å². The van der Waals surface area contributed by atoms with E-state index in [2.05, 4.69) is 24.3 Å². The number of rotatable bonds is 10. The van der Waals surface area contributed by atoms with Crippen molar-refractivity contribution in [3.05, 3.63) is 35.4 Å². The molecule has 0 aromatic heterocycles. The largest absolute Gasteiger partial charge is 0.299 e. The van der Waals surface area contributed by atoms with E-state index in [9.17, 15) is 9.59 Å². The molecular weight excluding hydrogens is 296 g/mol. The molecule has 0 heterocycles. The van der Waals surface area contributed by atoms with Crippen molar-refractivity contribution in [2.45, 2.75) is 80.1 Å². The fourth-order valence-corrected chi connectivity index (χ4v) is 2.84. The Balaban J connectivity index is 2.59. The third-order valence-electron chi connectivity index (χ3n) is 5.52. The molecule has 1 rings (SSSR count). The van der Waals surface area contributed by atoms with Crippen molar-refractivity contribution in [3.8, 4) is 0 Å². The van der Waals surface area contributed by atoms with Crippen LogP contribution >= 0.6 is 0 Å². The number of ketones is 2. The zero-order valence-electron chi connectivity index (χ0n) is 16.4. The minimum absolute atomic E-state index is 0.222. The topological polar surface area (TPSA) is 34.1 Å². The van der Waals surface area contributed by atoms with E-state index >= 15 is 0 Å². The maximum atomic E-state index is 11.6. The fraction of sp³-hybridized carbons (Fsp3) is 0.636. The van der Waals surface area contributed by atoms with Gasteiger partial charge in [0.15, 0.2) is 0 Å². The minimum Gasteiger partial charge on any atom is -0.299 e. The number of benzene rings is 1. The Kier molecular flexibility index (Phi) is 7.38. The molecule has 1 aromatic carbocycles. The van der Waals surface area contributed by atoms with Crippen LogP contribution in [0.4, 0.5) is 0 Å². The van der Waals surface area contributed by atoms with Gasteiger partial charge in [-0.1, -0.05) is 52.0 Å². The zero-order valence-corrected chi connectivity index (χ0v) is 16.4. The van der Waals surface area contributed by atoms with Crippen molar-refractivity contribution in [3.63, 3.8) is 0 Å². The lowest BCUT2D eigenvalue weighted by Crippen LogP contribution is -2.21. The lowest BCUT2D eigenvalue weighted by molar-refractivity contribution is -0.125. The Morgan fingerprint density at radius 1 is 0.750 bits per heavy atom. The highest BCUT2D eigenvalue weighted by atomic mass is 16.1. The van der Waals surface area contributed by atoms with E-state index in [0.717, 1.165) is 38.5 Å².